The van der Waals surface area contributed by atoms with Gasteiger partial charge in [-0.3, -0.25) is 0 Å². The van der Waals surface area contributed by atoms with Crippen LogP contribution in [0.25, 0.3) is 5.65 Å². The molecule has 1 N–H and O–H groups in total. The summed E-state index contributed by atoms with van der Waals surface area (Å²) in [4.78, 5) is 26.5. The highest BCUT2D eigenvalue weighted by atomic mass is 16.5. The summed E-state index contributed by atoms with van der Waals surface area (Å²) in [5.74, 6) is -1.61. The normalized spacial score (nSPS) is 10.6. The smallest absolute Gasteiger partial charge is 0.341 e. The predicted octanol–water partition coefficient (Wildman–Crippen LogP) is 0.913. The second-order valence-electron chi connectivity index (χ2n) is 3.58. The second-order valence-corrected chi connectivity index (χ2v) is 3.58. The van der Waals surface area contributed by atoms with Crippen LogP contribution in [-0.4, -0.2) is 38.3 Å². The maximum Gasteiger partial charge on any atom is 0.341 e. The van der Waals surface area contributed by atoms with Crippen molar-refractivity contribution in [2.24, 2.45) is 0 Å². The molecule has 7 heteroatoms. The van der Waals surface area contributed by atoms with Crippen LogP contribution in [0.2, 0.25) is 0 Å². The van der Waals surface area contributed by atoms with Crippen LogP contribution < -0.4 is 0 Å². The standard InChI is InChI=1S/C11H11N3O4/c1-3-18-11(17)7-4-12-9-8(10(15)16)5-13-14(9)6(7)2/h4-5H,3H2,1-2H3,(H,15,16). The van der Waals surface area contributed by atoms with E-state index in [0.717, 1.165) is 0 Å². The zero-order chi connectivity index (χ0) is 13.3. The molecule has 18 heavy (non-hydrogen) atoms. The average Bonchev–Trinajstić information content (AvgIpc) is 2.74. The van der Waals surface area contributed by atoms with Crippen molar-refractivity contribution in [3.63, 3.8) is 0 Å². The number of aromatic nitrogens is 3. The minimum Gasteiger partial charge on any atom is -0.477 e. The fraction of sp³-hybridized carbons (Fsp3) is 0.273. The van der Waals surface area contributed by atoms with E-state index in [1.807, 2.05) is 0 Å². The number of aromatic carboxylic acids is 1. The lowest BCUT2D eigenvalue weighted by atomic mass is 10.2. The van der Waals surface area contributed by atoms with Gasteiger partial charge in [0.25, 0.3) is 0 Å². The minimum atomic E-state index is -1.11. The summed E-state index contributed by atoms with van der Waals surface area (Å²) < 4.78 is 6.19. The zero-order valence-electron chi connectivity index (χ0n) is 9.88. The van der Waals surface area contributed by atoms with Gasteiger partial charge < -0.3 is 9.84 Å². The van der Waals surface area contributed by atoms with Crippen LogP contribution in [-0.2, 0) is 4.74 Å². The first kappa shape index (κ1) is 12.0. The highest BCUT2D eigenvalue weighted by Gasteiger charge is 2.18. The SMILES string of the molecule is CCOC(=O)c1cnc2c(C(=O)O)cnn2c1C. The quantitative estimate of drug-likeness (QED) is 0.812. The summed E-state index contributed by atoms with van der Waals surface area (Å²) in [7, 11) is 0. The van der Waals surface area contributed by atoms with E-state index in [4.69, 9.17) is 9.84 Å². The number of fused-ring (bicyclic) bond motifs is 1. The van der Waals surface area contributed by atoms with Crippen LogP contribution in [0.15, 0.2) is 12.4 Å². The van der Waals surface area contributed by atoms with Gasteiger partial charge in [0.05, 0.1) is 24.1 Å². The fourth-order valence-electron chi connectivity index (χ4n) is 1.60. The van der Waals surface area contributed by atoms with Crippen molar-refractivity contribution in [3.05, 3.63) is 29.2 Å². The topological polar surface area (TPSA) is 93.8 Å². The van der Waals surface area contributed by atoms with Crippen LogP contribution in [0.5, 0.6) is 0 Å². The molecular formula is C11H11N3O4. The number of hydrogen-bond donors (Lipinski definition) is 1. The van der Waals surface area contributed by atoms with Crippen molar-refractivity contribution >= 4 is 17.6 Å². The van der Waals surface area contributed by atoms with Crippen molar-refractivity contribution in [2.45, 2.75) is 13.8 Å². The molecule has 0 aliphatic rings. The maximum atomic E-state index is 11.6. The van der Waals surface area contributed by atoms with Crippen molar-refractivity contribution in [3.8, 4) is 0 Å². The number of carboxylic acids is 1. The molecule has 0 aliphatic heterocycles. The van der Waals surface area contributed by atoms with Gasteiger partial charge in [-0.2, -0.15) is 5.10 Å². The number of carbonyl (C=O) groups excluding carboxylic acids is 1. The molecule has 2 aromatic heterocycles. The molecule has 0 radical (unpaired) electrons. The Bertz CT molecular complexity index is 632. The summed E-state index contributed by atoms with van der Waals surface area (Å²) in [5.41, 5.74) is 0.955. The van der Waals surface area contributed by atoms with Gasteiger partial charge in [0.2, 0.25) is 0 Å². The minimum absolute atomic E-state index is 0.00601. The average molecular weight is 249 g/mol. The molecule has 0 saturated carbocycles. The monoisotopic (exact) mass is 249 g/mol. The van der Waals surface area contributed by atoms with Crippen molar-refractivity contribution in [1.82, 2.24) is 14.6 Å². The highest BCUT2D eigenvalue weighted by molar-refractivity contribution is 5.95. The molecule has 0 unspecified atom stereocenters. The van der Waals surface area contributed by atoms with Gasteiger partial charge in [-0.15, -0.1) is 0 Å². The lowest BCUT2D eigenvalue weighted by molar-refractivity contribution is 0.0523. The molecule has 0 spiro atoms. The molecule has 0 aromatic carbocycles. The van der Waals surface area contributed by atoms with Crippen molar-refractivity contribution < 1.29 is 19.4 Å². The summed E-state index contributed by atoms with van der Waals surface area (Å²) in [6, 6.07) is 0. The number of ether oxygens (including phenoxy) is 1. The van der Waals surface area contributed by atoms with Gasteiger partial charge in [-0.1, -0.05) is 0 Å². The summed E-state index contributed by atoms with van der Waals surface area (Å²) in [5, 5.41) is 12.8. The van der Waals surface area contributed by atoms with E-state index in [1.165, 1.54) is 16.9 Å². The van der Waals surface area contributed by atoms with Crippen molar-refractivity contribution in [1.29, 1.82) is 0 Å². The number of nitrogens with zero attached hydrogens (tertiary/aromatic N) is 3. The second kappa shape index (κ2) is 4.44. The number of esters is 1. The van der Waals surface area contributed by atoms with Gasteiger partial charge >= 0.3 is 11.9 Å². The molecule has 7 nitrogen and oxygen atoms in total. The zero-order valence-corrected chi connectivity index (χ0v) is 9.88. The molecule has 0 atom stereocenters. The molecule has 2 aromatic rings. The lowest BCUT2D eigenvalue weighted by Gasteiger charge is -2.06. The number of rotatable bonds is 3. The Hall–Kier alpha value is -2.44. The Morgan fingerprint density at radius 1 is 1.39 bits per heavy atom. The van der Waals surface area contributed by atoms with Crippen LogP contribution in [0.1, 0.15) is 33.3 Å². The molecule has 0 bridgehead atoms. The van der Waals surface area contributed by atoms with E-state index < -0.39 is 11.9 Å². The summed E-state index contributed by atoms with van der Waals surface area (Å²) in [6.45, 7) is 3.62. The fourth-order valence-corrected chi connectivity index (χ4v) is 1.60. The van der Waals surface area contributed by atoms with Crippen LogP contribution >= 0.6 is 0 Å². The molecule has 94 valence electrons. The number of carboxylic acid groups (broad SMARTS) is 1. The molecule has 0 amide bonds. The molecule has 2 heterocycles. The predicted molar refractivity (Wildman–Crippen MR) is 60.6 cm³/mol. The first-order chi connectivity index (χ1) is 8.56. The van der Waals surface area contributed by atoms with E-state index in [0.29, 0.717) is 5.69 Å². The maximum absolute atomic E-state index is 11.6. The summed E-state index contributed by atoms with van der Waals surface area (Å²) in [6.07, 6.45) is 2.50. The van der Waals surface area contributed by atoms with E-state index >= 15 is 0 Å². The Labute approximate surface area is 102 Å². The number of hydrogen-bond acceptors (Lipinski definition) is 5. The van der Waals surface area contributed by atoms with Gasteiger partial charge in [0.1, 0.15) is 5.56 Å². The third-order valence-electron chi connectivity index (χ3n) is 2.49. The van der Waals surface area contributed by atoms with E-state index in [2.05, 4.69) is 10.1 Å². The van der Waals surface area contributed by atoms with Gasteiger partial charge in [0, 0.05) is 6.20 Å². The molecule has 0 fully saturated rings. The largest absolute Gasteiger partial charge is 0.477 e. The first-order valence-electron chi connectivity index (χ1n) is 5.30. The lowest BCUT2D eigenvalue weighted by Crippen LogP contribution is -2.11. The van der Waals surface area contributed by atoms with Crippen LogP contribution in [0.4, 0.5) is 0 Å². The van der Waals surface area contributed by atoms with Gasteiger partial charge in [-0.25, -0.2) is 19.1 Å². The van der Waals surface area contributed by atoms with Gasteiger partial charge in [0.15, 0.2) is 5.65 Å². The van der Waals surface area contributed by atoms with Crippen LogP contribution in [0.3, 0.4) is 0 Å². The Morgan fingerprint density at radius 3 is 2.72 bits per heavy atom. The molecule has 2 rings (SSSR count). The van der Waals surface area contributed by atoms with E-state index in [1.54, 1.807) is 13.8 Å². The first-order valence-corrected chi connectivity index (χ1v) is 5.30. The number of aryl methyl sites for hydroxylation is 1. The Morgan fingerprint density at radius 2 is 2.11 bits per heavy atom. The van der Waals surface area contributed by atoms with E-state index in [-0.39, 0.29) is 23.4 Å². The third kappa shape index (κ3) is 1.79. The molecule has 0 saturated heterocycles. The molecule has 0 aliphatic carbocycles. The molecular weight excluding hydrogens is 238 g/mol. The summed E-state index contributed by atoms with van der Waals surface area (Å²) >= 11 is 0. The Balaban J connectivity index is 2.59. The highest BCUT2D eigenvalue weighted by Crippen LogP contribution is 2.14. The Kier molecular flexibility index (Phi) is 2.97. The van der Waals surface area contributed by atoms with E-state index in [9.17, 15) is 9.59 Å². The van der Waals surface area contributed by atoms with Gasteiger partial charge in [-0.05, 0) is 13.8 Å². The van der Waals surface area contributed by atoms with Crippen molar-refractivity contribution in [2.75, 3.05) is 6.61 Å². The van der Waals surface area contributed by atoms with Crippen LogP contribution in [0, 0.1) is 6.92 Å². The number of carbonyl (C=O) groups is 2. The third-order valence-corrected chi connectivity index (χ3v) is 2.49.